The summed E-state index contributed by atoms with van der Waals surface area (Å²) < 4.78 is 8.54. The number of methoxy groups -OCH3 is 1. The van der Waals surface area contributed by atoms with Gasteiger partial charge in [-0.15, -0.1) is 11.3 Å². The highest BCUT2D eigenvalue weighted by molar-refractivity contribution is 7.17. The third-order valence-electron chi connectivity index (χ3n) is 4.30. The van der Waals surface area contributed by atoms with Crippen molar-refractivity contribution < 1.29 is 4.74 Å². The standard InChI is InChI=1S/C20H15ClN2O3S/c1-26-16-7-3-6-15(11-16)23-19(24)18-17(8-9-27-18)22(20(23)25)12-13-4-2-5-14(21)10-13/h2-11H,12H2,1H3. The fourth-order valence-electron chi connectivity index (χ4n) is 3.04. The molecule has 0 aliphatic carbocycles. The Labute approximate surface area is 163 Å². The molecule has 0 amide bonds. The van der Waals surface area contributed by atoms with Gasteiger partial charge in [0.15, 0.2) is 0 Å². The maximum absolute atomic E-state index is 13.2. The predicted molar refractivity (Wildman–Crippen MR) is 109 cm³/mol. The minimum Gasteiger partial charge on any atom is -0.497 e. The van der Waals surface area contributed by atoms with Crippen molar-refractivity contribution in [1.29, 1.82) is 0 Å². The van der Waals surface area contributed by atoms with Crippen molar-refractivity contribution in [2.75, 3.05) is 7.11 Å². The number of benzene rings is 2. The maximum atomic E-state index is 13.2. The van der Waals surface area contributed by atoms with Crippen LogP contribution >= 0.6 is 22.9 Å². The number of hydrogen-bond donors (Lipinski definition) is 0. The lowest BCUT2D eigenvalue weighted by Crippen LogP contribution is -2.38. The Morgan fingerprint density at radius 1 is 1.07 bits per heavy atom. The summed E-state index contributed by atoms with van der Waals surface area (Å²) in [5.41, 5.74) is 1.24. The average molecular weight is 399 g/mol. The van der Waals surface area contributed by atoms with Crippen molar-refractivity contribution >= 4 is 33.2 Å². The van der Waals surface area contributed by atoms with Crippen molar-refractivity contribution in [1.82, 2.24) is 9.13 Å². The molecule has 0 fully saturated rings. The Morgan fingerprint density at radius 3 is 2.67 bits per heavy atom. The summed E-state index contributed by atoms with van der Waals surface area (Å²) in [7, 11) is 1.54. The number of aromatic nitrogens is 2. The van der Waals surface area contributed by atoms with Crippen LogP contribution in [0.15, 0.2) is 69.6 Å². The molecule has 0 saturated carbocycles. The minimum absolute atomic E-state index is 0.316. The van der Waals surface area contributed by atoms with E-state index in [0.717, 1.165) is 5.56 Å². The van der Waals surface area contributed by atoms with Gasteiger partial charge in [0, 0.05) is 11.1 Å². The Kier molecular flexibility index (Phi) is 4.59. The fourth-order valence-corrected chi connectivity index (χ4v) is 4.07. The van der Waals surface area contributed by atoms with Crippen molar-refractivity contribution in [3.8, 4) is 11.4 Å². The smallest absolute Gasteiger partial charge is 0.336 e. The molecule has 0 aliphatic rings. The first-order valence-corrected chi connectivity index (χ1v) is 9.46. The molecule has 136 valence electrons. The van der Waals surface area contributed by atoms with Crippen molar-refractivity contribution in [2.45, 2.75) is 6.54 Å². The van der Waals surface area contributed by atoms with E-state index in [-0.39, 0.29) is 5.56 Å². The number of ether oxygens (including phenoxy) is 1. The van der Waals surface area contributed by atoms with Gasteiger partial charge in [0.05, 0.1) is 24.9 Å². The zero-order valence-corrected chi connectivity index (χ0v) is 16.0. The molecule has 2 aromatic carbocycles. The van der Waals surface area contributed by atoms with E-state index in [1.54, 1.807) is 48.1 Å². The highest BCUT2D eigenvalue weighted by atomic mass is 35.5. The third kappa shape index (κ3) is 3.18. The van der Waals surface area contributed by atoms with Crippen molar-refractivity contribution in [3.05, 3.63) is 91.4 Å². The van der Waals surface area contributed by atoms with Gasteiger partial charge in [-0.1, -0.05) is 29.8 Å². The van der Waals surface area contributed by atoms with Gasteiger partial charge in [0.25, 0.3) is 5.56 Å². The summed E-state index contributed by atoms with van der Waals surface area (Å²) in [6.07, 6.45) is 0. The Balaban J connectivity index is 1.98. The van der Waals surface area contributed by atoms with E-state index < -0.39 is 5.69 Å². The van der Waals surface area contributed by atoms with Crippen LogP contribution in [0.1, 0.15) is 5.56 Å². The first kappa shape index (κ1) is 17.6. The number of nitrogens with zero attached hydrogens (tertiary/aromatic N) is 2. The number of hydrogen-bond acceptors (Lipinski definition) is 4. The number of halogens is 1. The van der Waals surface area contributed by atoms with E-state index >= 15 is 0 Å². The quantitative estimate of drug-likeness (QED) is 0.523. The molecule has 0 saturated heterocycles. The highest BCUT2D eigenvalue weighted by Crippen LogP contribution is 2.20. The second-order valence-electron chi connectivity index (χ2n) is 5.98. The SMILES string of the molecule is COc1cccc(-n2c(=O)c3sccc3n(Cc3cccc(Cl)c3)c2=O)c1. The molecule has 0 spiro atoms. The summed E-state index contributed by atoms with van der Waals surface area (Å²) in [5, 5.41) is 2.42. The van der Waals surface area contributed by atoms with Crippen LogP contribution < -0.4 is 16.0 Å². The first-order chi connectivity index (χ1) is 13.1. The van der Waals surface area contributed by atoms with Crippen LogP contribution in [-0.2, 0) is 6.54 Å². The van der Waals surface area contributed by atoms with Crippen LogP contribution in [0.25, 0.3) is 15.9 Å². The topological polar surface area (TPSA) is 53.2 Å². The lowest BCUT2D eigenvalue weighted by atomic mass is 10.2. The molecule has 2 aromatic heterocycles. The fraction of sp³-hybridized carbons (Fsp3) is 0.100. The molecular weight excluding hydrogens is 384 g/mol. The predicted octanol–water partition coefficient (Wildman–Crippen LogP) is 3.92. The van der Waals surface area contributed by atoms with Crippen molar-refractivity contribution in [3.63, 3.8) is 0 Å². The summed E-state index contributed by atoms with van der Waals surface area (Å²) in [6.45, 7) is 0.316. The maximum Gasteiger partial charge on any atom is 0.336 e. The molecule has 0 aliphatic heterocycles. The van der Waals surface area contributed by atoms with E-state index in [4.69, 9.17) is 16.3 Å². The lowest BCUT2D eigenvalue weighted by Gasteiger charge is -2.13. The van der Waals surface area contributed by atoms with Gasteiger partial charge in [-0.05, 0) is 41.3 Å². The molecule has 4 aromatic rings. The van der Waals surface area contributed by atoms with Crippen LogP contribution in [0, 0.1) is 0 Å². The van der Waals surface area contributed by atoms with Crippen LogP contribution in [-0.4, -0.2) is 16.2 Å². The summed E-state index contributed by atoms with van der Waals surface area (Å²) in [6, 6.07) is 16.0. The molecular formula is C20H15ClN2O3S. The average Bonchev–Trinajstić information content (AvgIpc) is 3.16. The molecule has 27 heavy (non-hydrogen) atoms. The van der Waals surface area contributed by atoms with Crippen LogP contribution in [0.5, 0.6) is 5.75 Å². The number of rotatable bonds is 4. The van der Waals surface area contributed by atoms with Gasteiger partial charge in [-0.3, -0.25) is 9.36 Å². The largest absolute Gasteiger partial charge is 0.497 e. The number of fused-ring (bicyclic) bond motifs is 1. The van der Waals surface area contributed by atoms with E-state index in [0.29, 0.717) is 33.2 Å². The normalized spacial score (nSPS) is 11.0. The molecule has 4 rings (SSSR count). The molecule has 0 bridgehead atoms. The second kappa shape index (κ2) is 7.06. The van der Waals surface area contributed by atoms with Crippen molar-refractivity contribution in [2.24, 2.45) is 0 Å². The summed E-state index contributed by atoms with van der Waals surface area (Å²) >= 11 is 7.40. The van der Waals surface area contributed by atoms with Gasteiger partial charge >= 0.3 is 5.69 Å². The Bertz CT molecular complexity index is 1260. The van der Waals surface area contributed by atoms with Gasteiger partial charge in [-0.25, -0.2) is 9.36 Å². The monoisotopic (exact) mass is 398 g/mol. The molecule has 0 unspecified atom stereocenters. The van der Waals surface area contributed by atoms with E-state index in [9.17, 15) is 9.59 Å². The Hall–Kier alpha value is -2.83. The van der Waals surface area contributed by atoms with Crippen LogP contribution in [0.3, 0.4) is 0 Å². The van der Waals surface area contributed by atoms with Crippen LogP contribution in [0.2, 0.25) is 5.02 Å². The molecule has 0 atom stereocenters. The van der Waals surface area contributed by atoms with Crippen LogP contribution in [0.4, 0.5) is 0 Å². The van der Waals surface area contributed by atoms with E-state index in [1.807, 2.05) is 23.6 Å². The lowest BCUT2D eigenvalue weighted by molar-refractivity contribution is 0.414. The van der Waals surface area contributed by atoms with Gasteiger partial charge in [0.2, 0.25) is 0 Å². The molecule has 2 heterocycles. The molecule has 5 nitrogen and oxygen atoms in total. The first-order valence-electron chi connectivity index (χ1n) is 8.20. The van der Waals surface area contributed by atoms with Gasteiger partial charge < -0.3 is 4.74 Å². The Morgan fingerprint density at radius 2 is 1.89 bits per heavy atom. The van der Waals surface area contributed by atoms with E-state index in [2.05, 4.69) is 0 Å². The zero-order valence-electron chi connectivity index (χ0n) is 14.4. The molecule has 0 radical (unpaired) electrons. The third-order valence-corrected chi connectivity index (χ3v) is 5.42. The molecule has 7 heteroatoms. The summed E-state index contributed by atoms with van der Waals surface area (Å²) in [4.78, 5) is 26.2. The highest BCUT2D eigenvalue weighted by Gasteiger charge is 2.16. The van der Waals surface area contributed by atoms with Gasteiger partial charge in [0.1, 0.15) is 10.4 Å². The number of thiophene rings is 1. The van der Waals surface area contributed by atoms with Gasteiger partial charge in [-0.2, -0.15) is 0 Å². The molecule has 0 N–H and O–H groups in total. The zero-order chi connectivity index (χ0) is 19.0. The summed E-state index contributed by atoms with van der Waals surface area (Å²) in [5.74, 6) is 0.575. The second-order valence-corrected chi connectivity index (χ2v) is 7.33. The van der Waals surface area contributed by atoms with E-state index in [1.165, 1.54) is 15.9 Å². The minimum atomic E-state index is -0.404.